The zero-order valence-corrected chi connectivity index (χ0v) is 19.5. The van der Waals surface area contributed by atoms with E-state index in [-0.39, 0.29) is 17.9 Å². The third-order valence-electron chi connectivity index (χ3n) is 6.91. The van der Waals surface area contributed by atoms with Crippen LogP contribution in [0.5, 0.6) is 5.75 Å². The van der Waals surface area contributed by atoms with Crippen LogP contribution in [0.25, 0.3) is 0 Å². The first kappa shape index (κ1) is 23.6. The Labute approximate surface area is 187 Å². The summed E-state index contributed by atoms with van der Waals surface area (Å²) in [5.74, 6) is 2.08. The molecule has 1 heterocycles. The second-order valence-corrected chi connectivity index (χ2v) is 9.44. The van der Waals surface area contributed by atoms with Crippen molar-refractivity contribution < 1.29 is 14.3 Å². The zero-order valence-electron chi connectivity index (χ0n) is 19.5. The van der Waals surface area contributed by atoms with Gasteiger partial charge in [-0.1, -0.05) is 50.3 Å². The molecule has 5 heteroatoms. The summed E-state index contributed by atoms with van der Waals surface area (Å²) >= 11 is 0. The monoisotopic (exact) mass is 428 g/mol. The van der Waals surface area contributed by atoms with Gasteiger partial charge in [-0.25, -0.2) is 0 Å². The molecule has 0 spiro atoms. The fourth-order valence-electron chi connectivity index (χ4n) is 4.97. The van der Waals surface area contributed by atoms with E-state index in [9.17, 15) is 9.59 Å². The van der Waals surface area contributed by atoms with Gasteiger partial charge in [-0.2, -0.15) is 0 Å². The quantitative estimate of drug-likeness (QED) is 0.567. The maximum Gasteiger partial charge on any atom is 0.222 e. The molecule has 1 aromatic carbocycles. The highest BCUT2D eigenvalue weighted by Crippen LogP contribution is 2.27. The van der Waals surface area contributed by atoms with Crippen LogP contribution < -0.4 is 10.1 Å². The van der Waals surface area contributed by atoms with E-state index in [4.69, 9.17) is 4.74 Å². The smallest absolute Gasteiger partial charge is 0.222 e. The molecule has 2 fully saturated rings. The lowest BCUT2D eigenvalue weighted by atomic mass is 9.86. The number of hydrogen-bond acceptors (Lipinski definition) is 3. The third-order valence-corrected chi connectivity index (χ3v) is 6.91. The molecule has 2 amide bonds. The Bertz CT molecular complexity index is 699. The van der Waals surface area contributed by atoms with Crippen LogP contribution in [0.15, 0.2) is 18.2 Å². The molecule has 0 atom stereocenters. The molecule has 1 aromatic rings. The fraction of sp³-hybridized carbons (Fsp3) is 0.692. The van der Waals surface area contributed by atoms with Crippen molar-refractivity contribution in [1.29, 1.82) is 0 Å². The predicted molar refractivity (Wildman–Crippen MR) is 124 cm³/mol. The lowest BCUT2D eigenvalue weighted by Gasteiger charge is -2.32. The molecule has 0 aromatic heterocycles. The van der Waals surface area contributed by atoms with E-state index in [0.717, 1.165) is 61.6 Å². The summed E-state index contributed by atoms with van der Waals surface area (Å²) in [4.78, 5) is 26.8. The number of piperidine rings is 1. The van der Waals surface area contributed by atoms with E-state index >= 15 is 0 Å². The van der Waals surface area contributed by atoms with Gasteiger partial charge >= 0.3 is 0 Å². The van der Waals surface area contributed by atoms with Gasteiger partial charge in [0.1, 0.15) is 5.75 Å². The second-order valence-electron chi connectivity index (χ2n) is 9.44. The molecule has 1 aliphatic carbocycles. The maximum absolute atomic E-state index is 12.5. The first-order valence-electron chi connectivity index (χ1n) is 12.3. The van der Waals surface area contributed by atoms with Gasteiger partial charge in [0, 0.05) is 32.0 Å². The van der Waals surface area contributed by atoms with Crippen LogP contribution in [-0.2, 0) is 9.59 Å². The number of rotatable bonds is 9. The van der Waals surface area contributed by atoms with Gasteiger partial charge in [0.05, 0.1) is 6.61 Å². The van der Waals surface area contributed by atoms with Crippen LogP contribution in [0, 0.1) is 19.8 Å². The average Bonchev–Trinajstić information content (AvgIpc) is 2.78. The Hall–Kier alpha value is -2.04. The van der Waals surface area contributed by atoms with Crippen molar-refractivity contribution in [1.82, 2.24) is 10.2 Å². The number of hydrogen-bond donors (Lipinski definition) is 1. The van der Waals surface area contributed by atoms with E-state index in [1.165, 1.54) is 32.1 Å². The predicted octanol–water partition coefficient (Wildman–Crippen LogP) is 4.93. The molecule has 0 bridgehead atoms. The second kappa shape index (κ2) is 12.1. The first-order chi connectivity index (χ1) is 15.0. The van der Waals surface area contributed by atoms with E-state index in [0.29, 0.717) is 19.4 Å². The highest BCUT2D eigenvalue weighted by molar-refractivity contribution is 5.77. The number of ether oxygens (including phenoxy) is 1. The third kappa shape index (κ3) is 7.55. The molecule has 1 N–H and O–H groups in total. The Morgan fingerprint density at radius 3 is 2.35 bits per heavy atom. The lowest BCUT2D eigenvalue weighted by Crippen LogP contribution is -2.46. The van der Waals surface area contributed by atoms with Gasteiger partial charge in [-0.05, 0) is 56.6 Å². The number of nitrogens with zero attached hydrogens (tertiary/aromatic N) is 1. The number of amides is 2. The van der Waals surface area contributed by atoms with Crippen LogP contribution in [0.4, 0.5) is 0 Å². The van der Waals surface area contributed by atoms with Gasteiger partial charge in [-0.3, -0.25) is 9.59 Å². The van der Waals surface area contributed by atoms with Gasteiger partial charge < -0.3 is 15.0 Å². The molecule has 2 aliphatic rings. The highest BCUT2D eigenvalue weighted by Gasteiger charge is 2.24. The van der Waals surface area contributed by atoms with E-state index < -0.39 is 0 Å². The van der Waals surface area contributed by atoms with Crippen molar-refractivity contribution in [2.24, 2.45) is 5.92 Å². The highest BCUT2D eigenvalue weighted by atomic mass is 16.5. The van der Waals surface area contributed by atoms with Crippen molar-refractivity contribution in [2.75, 3.05) is 19.7 Å². The number of nitrogens with one attached hydrogen (secondary N) is 1. The molecule has 0 radical (unpaired) electrons. The Kier molecular flexibility index (Phi) is 9.23. The van der Waals surface area contributed by atoms with Crippen molar-refractivity contribution in [2.45, 2.75) is 90.5 Å². The summed E-state index contributed by atoms with van der Waals surface area (Å²) in [5.41, 5.74) is 2.27. The molecule has 31 heavy (non-hydrogen) atoms. The topological polar surface area (TPSA) is 58.6 Å². The number of para-hydroxylation sites is 1. The molecule has 1 saturated heterocycles. The molecule has 1 saturated carbocycles. The molecular formula is C26H40N2O3. The normalized spacial score (nSPS) is 18.1. The Morgan fingerprint density at radius 1 is 1.00 bits per heavy atom. The van der Waals surface area contributed by atoms with Crippen LogP contribution in [-0.4, -0.2) is 42.5 Å². The van der Waals surface area contributed by atoms with Gasteiger partial charge in [-0.15, -0.1) is 0 Å². The van der Waals surface area contributed by atoms with Crippen LogP contribution in [0.1, 0.15) is 81.8 Å². The average molecular weight is 429 g/mol. The first-order valence-corrected chi connectivity index (χ1v) is 12.3. The molecule has 1 aliphatic heterocycles. The van der Waals surface area contributed by atoms with E-state index in [1.807, 2.05) is 36.9 Å². The van der Waals surface area contributed by atoms with Crippen molar-refractivity contribution in [3.63, 3.8) is 0 Å². The minimum absolute atomic E-state index is 0.194. The molecule has 0 unspecified atom stereocenters. The summed E-state index contributed by atoms with van der Waals surface area (Å²) in [6, 6.07) is 6.35. The number of carbonyl (C=O) groups is 2. The minimum Gasteiger partial charge on any atom is -0.493 e. The number of likely N-dealkylation sites (tertiary alicyclic amines) is 1. The number of carbonyl (C=O) groups excluding carboxylic acids is 2. The van der Waals surface area contributed by atoms with E-state index in [2.05, 4.69) is 5.32 Å². The SMILES string of the molecule is Cc1cccc(C)c1OCCCC(=O)N1CCC(NC(=O)CCC2CCCCC2)CC1. The van der Waals surface area contributed by atoms with Gasteiger partial charge in [0.25, 0.3) is 0 Å². The summed E-state index contributed by atoms with van der Waals surface area (Å²) in [7, 11) is 0. The summed E-state index contributed by atoms with van der Waals surface area (Å²) in [6.07, 6.45) is 11.3. The standard InChI is InChI=1S/C26H40N2O3/c1-20-8-6-9-21(2)26(20)31-19-7-12-25(30)28-17-15-23(16-18-28)27-24(29)14-13-22-10-4-3-5-11-22/h6,8-9,22-23H,3-5,7,10-19H2,1-2H3,(H,27,29). The van der Waals surface area contributed by atoms with Gasteiger partial charge in [0.2, 0.25) is 11.8 Å². The summed E-state index contributed by atoms with van der Waals surface area (Å²) < 4.78 is 5.91. The molecule has 3 rings (SSSR count). The van der Waals surface area contributed by atoms with Crippen molar-refractivity contribution >= 4 is 11.8 Å². The van der Waals surface area contributed by atoms with Crippen molar-refractivity contribution in [3.8, 4) is 5.75 Å². The Balaban J connectivity index is 1.28. The van der Waals surface area contributed by atoms with Crippen LogP contribution in [0.3, 0.4) is 0 Å². The number of benzene rings is 1. The molecule has 172 valence electrons. The largest absolute Gasteiger partial charge is 0.493 e. The zero-order chi connectivity index (χ0) is 22.1. The van der Waals surface area contributed by atoms with Crippen molar-refractivity contribution in [3.05, 3.63) is 29.3 Å². The van der Waals surface area contributed by atoms with Crippen LogP contribution >= 0.6 is 0 Å². The molecular weight excluding hydrogens is 388 g/mol. The minimum atomic E-state index is 0.194. The van der Waals surface area contributed by atoms with Crippen LogP contribution in [0.2, 0.25) is 0 Å². The number of aryl methyl sites for hydroxylation is 2. The maximum atomic E-state index is 12.5. The van der Waals surface area contributed by atoms with Gasteiger partial charge in [0.15, 0.2) is 0 Å². The Morgan fingerprint density at radius 2 is 1.68 bits per heavy atom. The fourth-order valence-corrected chi connectivity index (χ4v) is 4.97. The molecule has 5 nitrogen and oxygen atoms in total. The van der Waals surface area contributed by atoms with E-state index in [1.54, 1.807) is 0 Å². The lowest BCUT2D eigenvalue weighted by molar-refractivity contribution is -0.132. The summed E-state index contributed by atoms with van der Waals surface area (Å²) in [5, 5.41) is 3.20. The summed E-state index contributed by atoms with van der Waals surface area (Å²) in [6.45, 7) is 6.14.